The van der Waals surface area contributed by atoms with Gasteiger partial charge in [0.25, 0.3) is 0 Å². The van der Waals surface area contributed by atoms with E-state index in [1.54, 1.807) is 18.5 Å². The van der Waals surface area contributed by atoms with Crippen molar-refractivity contribution < 1.29 is 0 Å². The largest absolute Gasteiger partial charge is 0.398 e. The summed E-state index contributed by atoms with van der Waals surface area (Å²) in [6.07, 6.45) is 3.40. The van der Waals surface area contributed by atoms with Gasteiger partial charge in [0, 0.05) is 23.6 Å². The molecule has 3 rings (SSSR count). The molecule has 3 aromatic rings. The lowest BCUT2D eigenvalue weighted by Crippen LogP contribution is -2.14. The minimum absolute atomic E-state index is 0.252. The molecule has 0 spiro atoms. The van der Waals surface area contributed by atoms with Crippen LogP contribution in [0, 0.1) is 0 Å². The molecule has 94 valence electrons. The molecule has 19 heavy (non-hydrogen) atoms. The number of nitrogens with two attached hydrogens (primary N) is 2. The number of nitrogen functional groups attached to an aromatic ring is 1. The second-order valence-electron chi connectivity index (χ2n) is 4.59. The van der Waals surface area contributed by atoms with Crippen LogP contribution >= 0.6 is 0 Å². The highest BCUT2D eigenvalue weighted by molar-refractivity contribution is 5.83. The van der Waals surface area contributed by atoms with Crippen molar-refractivity contribution in [1.82, 2.24) is 4.98 Å². The smallest absolute Gasteiger partial charge is 0.0587 e. The third-order valence-corrected chi connectivity index (χ3v) is 3.35. The molecule has 1 aromatic heterocycles. The van der Waals surface area contributed by atoms with Crippen molar-refractivity contribution >= 4 is 16.5 Å². The molecule has 0 aliphatic carbocycles. The zero-order chi connectivity index (χ0) is 13.2. The van der Waals surface area contributed by atoms with E-state index in [9.17, 15) is 0 Å². The summed E-state index contributed by atoms with van der Waals surface area (Å²) in [5, 5.41) is 2.38. The Labute approximate surface area is 111 Å². The Morgan fingerprint density at radius 2 is 1.74 bits per heavy atom. The molecule has 1 atom stereocenters. The van der Waals surface area contributed by atoms with Crippen LogP contribution in [0.3, 0.4) is 0 Å². The van der Waals surface area contributed by atoms with Crippen molar-refractivity contribution in [3.05, 3.63) is 72.1 Å². The quantitative estimate of drug-likeness (QED) is 0.734. The maximum atomic E-state index is 6.29. The van der Waals surface area contributed by atoms with Gasteiger partial charge in [0.15, 0.2) is 0 Å². The summed E-state index contributed by atoms with van der Waals surface area (Å²) in [6.45, 7) is 0. The van der Waals surface area contributed by atoms with Gasteiger partial charge in [-0.15, -0.1) is 0 Å². The standard InChI is InChI=1S/C16H15N3/c17-15-7-8-19-10-14(15)16(18)13-6-5-11-3-1-2-4-12(11)9-13/h1-10,16H,18H2,(H2,17,19). The molecule has 4 N–H and O–H groups in total. The second-order valence-corrected chi connectivity index (χ2v) is 4.59. The topological polar surface area (TPSA) is 64.9 Å². The number of fused-ring (bicyclic) bond motifs is 1. The Bertz CT molecular complexity index is 722. The molecule has 0 radical (unpaired) electrons. The first kappa shape index (κ1) is 11.7. The van der Waals surface area contributed by atoms with Crippen molar-refractivity contribution in [2.24, 2.45) is 5.73 Å². The lowest BCUT2D eigenvalue weighted by atomic mass is 9.97. The number of hydrogen-bond donors (Lipinski definition) is 2. The highest BCUT2D eigenvalue weighted by Gasteiger charge is 2.12. The van der Waals surface area contributed by atoms with Gasteiger partial charge >= 0.3 is 0 Å². The van der Waals surface area contributed by atoms with Crippen LogP contribution in [0.5, 0.6) is 0 Å². The molecule has 0 amide bonds. The lowest BCUT2D eigenvalue weighted by Gasteiger charge is -2.15. The van der Waals surface area contributed by atoms with E-state index in [-0.39, 0.29) is 6.04 Å². The van der Waals surface area contributed by atoms with Gasteiger partial charge in [0.2, 0.25) is 0 Å². The van der Waals surface area contributed by atoms with Crippen LogP contribution in [-0.4, -0.2) is 4.98 Å². The number of hydrogen-bond acceptors (Lipinski definition) is 3. The minimum Gasteiger partial charge on any atom is -0.398 e. The molecule has 0 bridgehead atoms. The van der Waals surface area contributed by atoms with Crippen LogP contribution in [0.15, 0.2) is 60.9 Å². The summed E-state index contributed by atoms with van der Waals surface area (Å²) in [7, 11) is 0. The fourth-order valence-corrected chi connectivity index (χ4v) is 2.26. The first-order valence-corrected chi connectivity index (χ1v) is 6.19. The van der Waals surface area contributed by atoms with Crippen molar-refractivity contribution in [2.75, 3.05) is 5.73 Å². The Hall–Kier alpha value is -2.39. The maximum Gasteiger partial charge on any atom is 0.0587 e. The van der Waals surface area contributed by atoms with Crippen molar-refractivity contribution in [3.63, 3.8) is 0 Å². The summed E-state index contributed by atoms with van der Waals surface area (Å²) < 4.78 is 0. The van der Waals surface area contributed by atoms with Crippen molar-refractivity contribution in [2.45, 2.75) is 6.04 Å². The van der Waals surface area contributed by atoms with Crippen molar-refractivity contribution in [1.29, 1.82) is 0 Å². The molecule has 0 aliphatic heterocycles. The Morgan fingerprint density at radius 1 is 0.947 bits per heavy atom. The molecular weight excluding hydrogens is 234 g/mol. The van der Waals surface area contributed by atoms with Gasteiger partial charge in [0.05, 0.1) is 6.04 Å². The van der Waals surface area contributed by atoms with Gasteiger partial charge in [-0.1, -0.05) is 36.4 Å². The van der Waals surface area contributed by atoms with E-state index < -0.39 is 0 Å². The zero-order valence-corrected chi connectivity index (χ0v) is 10.5. The van der Waals surface area contributed by atoms with Crippen LogP contribution in [-0.2, 0) is 0 Å². The van der Waals surface area contributed by atoms with E-state index >= 15 is 0 Å². The number of rotatable bonds is 2. The van der Waals surface area contributed by atoms with Gasteiger partial charge < -0.3 is 11.5 Å². The maximum absolute atomic E-state index is 6.29. The third-order valence-electron chi connectivity index (χ3n) is 3.35. The number of aromatic nitrogens is 1. The number of nitrogens with zero attached hydrogens (tertiary/aromatic N) is 1. The Morgan fingerprint density at radius 3 is 2.53 bits per heavy atom. The van der Waals surface area contributed by atoms with E-state index in [0.717, 1.165) is 11.1 Å². The fraction of sp³-hybridized carbons (Fsp3) is 0.0625. The molecule has 1 heterocycles. The lowest BCUT2D eigenvalue weighted by molar-refractivity contribution is 0.868. The molecule has 0 aliphatic rings. The van der Waals surface area contributed by atoms with E-state index in [1.807, 2.05) is 18.2 Å². The van der Waals surface area contributed by atoms with Crippen LogP contribution in [0.25, 0.3) is 10.8 Å². The normalized spacial score (nSPS) is 12.5. The SMILES string of the molecule is Nc1ccncc1C(N)c1ccc2ccccc2c1. The Kier molecular flexibility index (Phi) is 2.89. The molecule has 3 heteroatoms. The summed E-state index contributed by atoms with van der Waals surface area (Å²) in [4.78, 5) is 4.09. The number of anilines is 1. The summed E-state index contributed by atoms with van der Waals surface area (Å²) >= 11 is 0. The third kappa shape index (κ3) is 2.16. The monoisotopic (exact) mass is 249 g/mol. The average Bonchev–Trinajstić information content (AvgIpc) is 2.46. The van der Waals surface area contributed by atoms with Gasteiger partial charge in [-0.25, -0.2) is 0 Å². The van der Waals surface area contributed by atoms with Crippen LogP contribution in [0.2, 0.25) is 0 Å². The zero-order valence-electron chi connectivity index (χ0n) is 10.5. The second kappa shape index (κ2) is 4.71. The first-order valence-electron chi connectivity index (χ1n) is 6.19. The van der Waals surface area contributed by atoms with Crippen LogP contribution in [0.1, 0.15) is 17.2 Å². The van der Waals surface area contributed by atoms with Gasteiger partial charge in [-0.3, -0.25) is 4.98 Å². The summed E-state index contributed by atoms with van der Waals surface area (Å²) in [6, 6.07) is 16.0. The van der Waals surface area contributed by atoms with Gasteiger partial charge in [0.1, 0.15) is 0 Å². The highest BCUT2D eigenvalue weighted by Crippen LogP contribution is 2.26. The molecule has 0 fully saturated rings. The molecule has 0 saturated carbocycles. The fourth-order valence-electron chi connectivity index (χ4n) is 2.26. The summed E-state index contributed by atoms with van der Waals surface area (Å²) in [5.74, 6) is 0. The van der Waals surface area contributed by atoms with E-state index in [4.69, 9.17) is 11.5 Å². The predicted octanol–water partition coefficient (Wildman–Crippen LogP) is 2.87. The highest BCUT2D eigenvalue weighted by atomic mass is 14.7. The van der Waals surface area contributed by atoms with E-state index in [1.165, 1.54) is 10.8 Å². The van der Waals surface area contributed by atoms with Gasteiger partial charge in [-0.2, -0.15) is 0 Å². The van der Waals surface area contributed by atoms with Crippen molar-refractivity contribution in [3.8, 4) is 0 Å². The predicted molar refractivity (Wildman–Crippen MR) is 78.6 cm³/mol. The average molecular weight is 249 g/mol. The number of benzene rings is 2. The van der Waals surface area contributed by atoms with E-state index in [2.05, 4.69) is 29.2 Å². The van der Waals surface area contributed by atoms with Crippen LogP contribution < -0.4 is 11.5 Å². The first-order chi connectivity index (χ1) is 9.25. The molecule has 3 nitrogen and oxygen atoms in total. The van der Waals surface area contributed by atoms with Crippen LogP contribution in [0.4, 0.5) is 5.69 Å². The summed E-state index contributed by atoms with van der Waals surface area (Å²) in [5.41, 5.74) is 14.8. The number of pyridine rings is 1. The molecular formula is C16H15N3. The van der Waals surface area contributed by atoms with E-state index in [0.29, 0.717) is 5.69 Å². The molecule has 0 saturated heterocycles. The molecule has 2 aromatic carbocycles. The molecule has 1 unspecified atom stereocenters. The Balaban J connectivity index is 2.07. The van der Waals surface area contributed by atoms with Gasteiger partial charge in [-0.05, 0) is 28.5 Å². The minimum atomic E-state index is -0.252.